The van der Waals surface area contributed by atoms with E-state index in [4.69, 9.17) is 17.0 Å². The summed E-state index contributed by atoms with van der Waals surface area (Å²) in [4.78, 5) is 27.5. The van der Waals surface area contributed by atoms with Crippen molar-refractivity contribution in [2.45, 2.75) is 0 Å². The van der Waals surface area contributed by atoms with E-state index in [0.29, 0.717) is 32.7 Å². The fraction of sp³-hybridized carbons (Fsp3) is 0.118. The van der Waals surface area contributed by atoms with Crippen LogP contribution in [0.5, 0.6) is 5.75 Å². The van der Waals surface area contributed by atoms with Gasteiger partial charge >= 0.3 is 0 Å². The third kappa shape index (κ3) is 2.93. The van der Waals surface area contributed by atoms with E-state index < -0.39 is 0 Å². The lowest BCUT2D eigenvalue weighted by Gasteiger charge is -2.08. The molecule has 2 aromatic carbocycles. The quantitative estimate of drug-likeness (QED) is 0.718. The Kier molecular flexibility index (Phi) is 4.18. The number of carbonyl (C=O) groups excluding carboxylic acids is 1. The van der Waals surface area contributed by atoms with Crippen LogP contribution in [0, 0.1) is 4.77 Å². The Hall–Kier alpha value is -2.93. The molecule has 6 nitrogen and oxygen atoms in total. The second-order valence-electron chi connectivity index (χ2n) is 5.24. The van der Waals surface area contributed by atoms with E-state index in [1.165, 1.54) is 4.57 Å². The summed E-state index contributed by atoms with van der Waals surface area (Å²) in [5, 5.41) is 3.27. The second kappa shape index (κ2) is 6.29. The highest BCUT2D eigenvalue weighted by atomic mass is 32.1. The molecule has 0 aliphatic rings. The van der Waals surface area contributed by atoms with Gasteiger partial charge in [0.05, 0.1) is 18.0 Å². The summed E-state index contributed by atoms with van der Waals surface area (Å²) < 4.78 is 6.79. The lowest BCUT2D eigenvalue weighted by atomic mass is 10.1. The highest BCUT2D eigenvalue weighted by Crippen LogP contribution is 2.18. The minimum Gasteiger partial charge on any atom is -0.497 e. The molecule has 122 valence electrons. The molecule has 0 spiro atoms. The number of aromatic amines is 1. The first-order valence-corrected chi connectivity index (χ1v) is 7.59. The molecule has 7 heteroatoms. The molecule has 2 N–H and O–H groups in total. The number of carbonyl (C=O) groups is 1. The molecular weight excluding hydrogens is 326 g/mol. The number of fused-ring (bicyclic) bond motifs is 1. The number of H-pyrrole nitrogens is 1. The number of nitrogens with one attached hydrogen (secondary N) is 2. The number of anilines is 1. The van der Waals surface area contributed by atoms with E-state index in [-0.39, 0.29) is 11.5 Å². The zero-order chi connectivity index (χ0) is 17.3. The average Bonchev–Trinajstić information content (AvgIpc) is 2.59. The van der Waals surface area contributed by atoms with Crippen LogP contribution in [0.15, 0.2) is 47.3 Å². The van der Waals surface area contributed by atoms with E-state index in [1.54, 1.807) is 56.6 Å². The fourth-order valence-corrected chi connectivity index (χ4v) is 2.54. The molecule has 3 aromatic rings. The molecule has 1 amide bonds. The Labute approximate surface area is 142 Å². The van der Waals surface area contributed by atoms with Gasteiger partial charge in [0, 0.05) is 24.4 Å². The first-order valence-electron chi connectivity index (χ1n) is 7.18. The fourth-order valence-electron chi connectivity index (χ4n) is 2.35. The summed E-state index contributed by atoms with van der Waals surface area (Å²) in [6.45, 7) is 0. The van der Waals surface area contributed by atoms with Crippen molar-refractivity contribution in [3.8, 4) is 5.75 Å². The summed E-state index contributed by atoms with van der Waals surface area (Å²) in [6.07, 6.45) is 0. The molecule has 24 heavy (non-hydrogen) atoms. The first kappa shape index (κ1) is 15.9. The summed E-state index contributed by atoms with van der Waals surface area (Å²) in [5.41, 5.74) is 1.37. The molecule has 0 atom stereocenters. The smallest absolute Gasteiger partial charge is 0.261 e. The third-order valence-electron chi connectivity index (χ3n) is 3.69. The van der Waals surface area contributed by atoms with Gasteiger partial charge in [-0.1, -0.05) is 6.07 Å². The van der Waals surface area contributed by atoms with Gasteiger partial charge < -0.3 is 15.0 Å². The zero-order valence-electron chi connectivity index (χ0n) is 13.1. The molecule has 1 heterocycles. The predicted molar refractivity (Wildman–Crippen MR) is 95.3 cm³/mol. The number of rotatable bonds is 3. The number of amides is 1. The van der Waals surface area contributed by atoms with E-state index in [0.717, 1.165) is 0 Å². The molecule has 3 rings (SSSR count). The predicted octanol–water partition coefficient (Wildman–Crippen LogP) is 2.86. The monoisotopic (exact) mass is 341 g/mol. The van der Waals surface area contributed by atoms with Gasteiger partial charge in [0.1, 0.15) is 5.75 Å². The number of aromatic nitrogens is 2. The summed E-state index contributed by atoms with van der Waals surface area (Å²) in [6, 6.07) is 11.9. The van der Waals surface area contributed by atoms with Crippen molar-refractivity contribution in [1.82, 2.24) is 9.55 Å². The van der Waals surface area contributed by atoms with Crippen LogP contribution >= 0.6 is 12.2 Å². The molecule has 0 fully saturated rings. The largest absolute Gasteiger partial charge is 0.497 e. The normalized spacial score (nSPS) is 10.6. The molecule has 0 bridgehead atoms. The van der Waals surface area contributed by atoms with Gasteiger partial charge in [0.15, 0.2) is 4.77 Å². The lowest BCUT2D eigenvalue weighted by molar-refractivity contribution is 0.102. The third-order valence-corrected chi connectivity index (χ3v) is 4.07. The van der Waals surface area contributed by atoms with E-state index in [2.05, 4.69) is 10.3 Å². The van der Waals surface area contributed by atoms with Crippen molar-refractivity contribution in [3.05, 3.63) is 63.2 Å². The molecule has 0 aliphatic carbocycles. The minimum atomic E-state index is -0.287. The van der Waals surface area contributed by atoms with E-state index in [1.807, 2.05) is 0 Å². The Bertz CT molecular complexity index is 1050. The van der Waals surface area contributed by atoms with Crippen molar-refractivity contribution in [3.63, 3.8) is 0 Å². The number of hydrogen-bond donors (Lipinski definition) is 2. The molecule has 0 unspecified atom stereocenters. The zero-order valence-corrected chi connectivity index (χ0v) is 13.9. The Morgan fingerprint density at radius 1 is 1.25 bits per heavy atom. The van der Waals surface area contributed by atoms with Crippen molar-refractivity contribution >= 4 is 34.7 Å². The number of nitrogens with zero attached hydrogens (tertiary/aromatic N) is 1. The van der Waals surface area contributed by atoms with Crippen LogP contribution in [0.4, 0.5) is 5.69 Å². The van der Waals surface area contributed by atoms with E-state index in [9.17, 15) is 9.59 Å². The summed E-state index contributed by atoms with van der Waals surface area (Å²) >= 11 is 5.10. The number of ether oxygens (including phenoxy) is 1. The van der Waals surface area contributed by atoms with Crippen LogP contribution in [-0.2, 0) is 7.05 Å². The topological polar surface area (TPSA) is 76.1 Å². The molecule has 0 radical (unpaired) electrons. The second-order valence-corrected chi connectivity index (χ2v) is 5.63. The van der Waals surface area contributed by atoms with Gasteiger partial charge in [-0.25, -0.2) is 0 Å². The number of hydrogen-bond acceptors (Lipinski definition) is 4. The Morgan fingerprint density at radius 3 is 2.79 bits per heavy atom. The first-order chi connectivity index (χ1) is 11.5. The van der Waals surface area contributed by atoms with Gasteiger partial charge in [0.25, 0.3) is 11.5 Å². The molecule has 0 aliphatic heterocycles. The molecule has 0 saturated carbocycles. The highest BCUT2D eigenvalue weighted by Gasteiger charge is 2.10. The Balaban J connectivity index is 1.97. The average molecular weight is 341 g/mol. The minimum absolute atomic E-state index is 0.200. The summed E-state index contributed by atoms with van der Waals surface area (Å²) in [5.74, 6) is 0.365. The van der Waals surface area contributed by atoms with Crippen molar-refractivity contribution in [2.75, 3.05) is 12.4 Å². The van der Waals surface area contributed by atoms with Crippen LogP contribution in [0.3, 0.4) is 0 Å². The summed E-state index contributed by atoms with van der Waals surface area (Å²) in [7, 11) is 3.16. The molecular formula is C17H15N3O3S. The SMILES string of the molecule is COc1cccc(NC(=O)c2ccc3c(=O)n(C)c(=S)[nH]c3c2)c1. The Morgan fingerprint density at radius 2 is 2.04 bits per heavy atom. The van der Waals surface area contributed by atoms with Crippen LogP contribution < -0.4 is 15.6 Å². The highest BCUT2D eigenvalue weighted by molar-refractivity contribution is 7.71. The maximum atomic E-state index is 12.4. The standard InChI is InChI=1S/C17H15N3O3S/c1-20-16(22)13-7-6-10(8-14(13)19-17(20)24)15(21)18-11-4-3-5-12(9-11)23-2/h3-9H,1-2H3,(H,18,21)(H,19,24). The van der Waals surface area contributed by atoms with E-state index >= 15 is 0 Å². The molecule has 1 aromatic heterocycles. The van der Waals surface area contributed by atoms with Crippen LogP contribution in [0.25, 0.3) is 10.9 Å². The van der Waals surface area contributed by atoms with Crippen molar-refractivity contribution in [2.24, 2.45) is 7.05 Å². The number of methoxy groups -OCH3 is 1. The van der Waals surface area contributed by atoms with Gasteiger partial charge in [-0.15, -0.1) is 0 Å². The van der Waals surface area contributed by atoms with Crippen molar-refractivity contribution in [1.29, 1.82) is 0 Å². The maximum absolute atomic E-state index is 12.4. The molecule has 0 saturated heterocycles. The lowest BCUT2D eigenvalue weighted by Crippen LogP contribution is -2.19. The van der Waals surface area contributed by atoms with Gasteiger partial charge in [-0.05, 0) is 42.5 Å². The number of benzene rings is 2. The van der Waals surface area contributed by atoms with Crippen molar-refractivity contribution < 1.29 is 9.53 Å². The maximum Gasteiger partial charge on any atom is 0.261 e. The van der Waals surface area contributed by atoms with Gasteiger partial charge in [-0.3, -0.25) is 14.2 Å². The van der Waals surface area contributed by atoms with Crippen LogP contribution in [0.2, 0.25) is 0 Å². The van der Waals surface area contributed by atoms with Crippen LogP contribution in [-0.4, -0.2) is 22.6 Å². The van der Waals surface area contributed by atoms with Gasteiger partial charge in [0.2, 0.25) is 0 Å². The van der Waals surface area contributed by atoms with Gasteiger partial charge in [-0.2, -0.15) is 0 Å². The van der Waals surface area contributed by atoms with Crippen LogP contribution in [0.1, 0.15) is 10.4 Å².